The first-order chi connectivity index (χ1) is 7.27. The van der Waals surface area contributed by atoms with E-state index in [9.17, 15) is 5.11 Å². The second kappa shape index (κ2) is 4.24. The van der Waals surface area contributed by atoms with Crippen LogP contribution in [-0.4, -0.2) is 10.1 Å². The summed E-state index contributed by atoms with van der Waals surface area (Å²) in [7, 11) is 0. The van der Waals surface area contributed by atoms with Crippen LogP contribution >= 0.6 is 0 Å². The summed E-state index contributed by atoms with van der Waals surface area (Å²) in [6, 6.07) is 11.6. The predicted octanol–water partition coefficient (Wildman–Crippen LogP) is 2.47. The third kappa shape index (κ3) is 2.22. The van der Waals surface area contributed by atoms with Gasteiger partial charge in [-0.1, -0.05) is 35.9 Å². The number of aliphatic hydroxyl groups is 1. The summed E-state index contributed by atoms with van der Waals surface area (Å²) >= 11 is 0. The molecule has 2 rings (SSSR count). The number of aryl methyl sites for hydroxylation is 1. The second-order valence-corrected chi connectivity index (χ2v) is 3.60. The molecular formula is C13H13NO. The summed E-state index contributed by atoms with van der Waals surface area (Å²) in [5.74, 6) is 0. The van der Waals surface area contributed by atoms with Crippen LogP contribution in [0.25, 0.3) is 0 Å². The molecule has 0 aliphatic rings. The lowest BCUT2D eigenvalue weighted by Gasteiger charge is -2.10. The zero-order valence-electron chi connectivity index (χ0n) is 8.59. The number of hydrogen-bond acceptors (Lipinski definition) is 2. The van der Waals surface area contributed by atoms with Crippen LogP contribution < -0.4 is 0 Å². The maximum atomic E-state index is 10.0. The first-order valence-corrected chi connectivity index (χ1v) is 4.92. The Balaban J connectivity index is 2.29. The van der Waals surface area contributed by atoms with Crippen molar-refractivity contribution in [1.29, 1.82) is 0 Å². The molecule has 15 heavy (non-hydrogen) atoms. The minimum absolute atomic E-state index is 0.584. The lowest BCUT2D eigenvalue weighted by atomic mass is 10.0. The highest BCUT2D eigenvalue weighted by atomic mass is 16.3. The highest BCUT2D eigenvalue weighted by Crippen LogP contribution is 2.20. The zero-order valence-corrected chi connectivity index (χ0v) is 8.59. The van der Waals surface area contributed by atoms with Gasteiger partial charge in [0, 0.05) is 18.0 Å². The average Bonchev–Trinajstić information content (AvgIpc) is 2.30. The van der Waals surface area contributed by atoms with Crippen LogP contribution in [0.4, 0.5) is 0 Å². The van der Waals surface area contributed by atoms with E-state index in [0.717, 1.165) is 11.1 Å². The summed E-state index contributed by atoms with van der Waals surface area (Å²) in [6.45, 7) is 2.03. The van der Waals surface area contributed by atoms with Crippen molar-refractivity contribution in [3.8, 4) is 0 Å². The number of nitrogens with zero attached hydrogens (tertiary/aromatic N) is 1. The maximum absolute atomic E-state index is 10.0. The molecule has 0 fully saturated rings. The lowest BCUT2D eigenvalue weighted by molar-refractivity contribution is 0.220. The molecule has 0 bridgehead atoms. The molecule has 1 aromatic carbocycles. The fourth-order valence-electron chi connectivity index (χ4n) is 1.48. The maximum Gasteiger partial charge on any atom is 0.106 e. The van der Waals surface area contributed by atoms with Crippen LogP contribution in [0, 0.1) is 6.92 Å². The first-order valence-electron chi connectivity index (χ1n) is 4.92. The van der Waals surface area contributed by atoms with Crippen LogP contribution in [0.5, 0.6) is 0 Å². The molecule has 0 spiro atoms. The van der Waals surface area contributed by atoms with Crippen molar-refractivity contribution < 1.29 is 5.11 Å². The van der Waals surface area contributed by atoms with E-state index in [1.807, 2.05) is 43.3 Å². The van der Waals surface area contributed by atoms with E-state index in [0.29, 0.717) is 0 Å². The smallest absolute Gasteiger partial charge is 0.106 e. The molecule has 1 aromatic heterocycles. The molecule has 1 heterocycles. The van der Waals surface area contributed by atoms with Crippen molar-refractivity contribution >= 4 is 0 Å². The van der Waals surface area contributed by atoms with E-state index < -0.39 is 6.10 Å². The average molecular weight is 199 g/mol. The van der Waals surface area contributed by atoms with Gasteiger partial charge in [-0.2, -0.15) is 0 Å². The normalized spacial score (nSPS) is 12.4. The van der Waals surface area contributed by atoms with Crippen LogP contribution in [0.3, 0.4) is 0 Å². The largest absolute Gasteiger partial charge is 0.384 e. The quantitative estimate of drug-likeness (QED) is 0.806. The van der Waals surface area contributed by atoms with Gasteiger partial charge in [0.25, 0.3) is 0 Å². The predicted molar refractivity (Wildman–Crippen MR) is 59.5 cm³/mol. The van der Waals surface area contributed by atoms with Crippen molar-refractivity contribution in [3.05, 3.63) is 65.5 Å². The third-order valence-corrected chi connectivity index (χ3v) is 2.39. The molecule has 0 saturated carbocycles. The highest BCUT2D eigenvalue weighted by Gasteiger charge is 2.09. The molecule has 0 radical (unpaired) electrons. The van der Waals surface area contributed by atoms with Crippen LogP contribution in [0.15, 0.2) is 48.8 Å². The molecule has 1 unspecified atom stereocenters. The monoisotopic (exact) mass is 199 g/mol. The van der Waals surface area contributed by atoms with Crippen molar-refractivity contribution in [2.75, 3.05) is 0 Å². The van der Waals surface area contributed by atoms with Crippen LogP contribution in [0.1, 0.15) is 22.8 Å². The molecule has 2 nitrogen and oxygen atoms in total. The summed E-state index contributed by atoms with van der Waals surface area (Å²) in [4.78, 5) is 3.99. The molecular weight excluding hydrogens is 186 g/mol. The minimum Gasteiger partial charge on any atom is -0.384 e. The van der Waals surface area contributed by atoms with Crippen LogP contribution in [-0.2, 0) is 0 Å². The van der Waals surface area contributed by atoms with Gasteiger partial charge in [-0.25, -0.2) is 0 Å². The Labute approximate surface area is 89.2 Å². The third-order valence-electron chi connectivity index (χ3n) is 2.39. The molecule has 0 aliphatic carbocycles. The van der Waals surface area contributed by atoms with Gasteiger partial charge < -0.3 is 5.11 Å². The zero-order chi connectivity index (χ0) is 10.7. The number of aliphatic hydroxyl groups excluding tert-OH is 1. The molecule has 2 heteroatoms. The summed E-state index contributed by atoms with van der Waals surface area (Å²) in [5, 5.41) is 10.0. The van der Waals surface area contributed by atoms with Gasteiger partial charge in [-0.3, -0.25) is 4.98 Å². The Morgan fingerprint density at radius 2 is 1.80 bits per heavy atom. The SMILES string of the molecule is Cc1ccc(C(O)c2cccnc2)cc1. The van der Waals surface area contributed by atoms with E-state index >= 15 is 0 Å². The lowest BCUT2D eigenvalue weighted by Crippen LogP contribution is -1.99. The Bertz CT molecular complexity index is 422. The van der Waals surface area contributed by atoms with E-state index in [4.69, 9.17) is 0 Å². The van der Waals surface area contributed by atoms with E-state index in [1.165, 1.54) is 5.56 Å². The molecule has 1 N–H and O–H groups in total. The Kier molecular flexibility index (Phi) is 2.79. The fourth-order valence-corrected chi connectivity index (χ4v) is 1.48. The van der Waals surface area contributed by atoms with Gasteiger partial charge in [0.2, 0.25) is 0 Å². The van der Waals surface area contributed by atoms with E-state index in [1.54, 1.807) is 12.4 Å². The topological polar surface area (TPSA) is 33.1 Å². The first kappa shape index (κ1) is 9.87. The molecule has 76 valence electrons. The molecule has 1 atom stereocenters. The highest BCUT2D eigenvalue weighted by molar-refractivity contribution is 5.29. The van der Waals surface area contributed by atoms with Gasteiger partial charge in [-0.05, 0) is 18.6 Å². The van der Waals surface area contributed by atoms with E-state index in [2.05, 4.69) is 4.98 Å². The van der Waals surface area contributed by atoms with Gasteiger partial charge in [-0.15, -0.1) is 0 Å². The van der Waals surface area contributed by atoms with Gasteiger partial charge in [0.1, 0.15) is 6.10 Å². The molecule has 2 aromatic rings. The number of aromatic nitrogens is 1. The van der Waals surface area contributed by atoms with Gasteiger partial charge in [0.15, 0.2) is 0 Å². The number of pyridine rings is 1. The summed E-state index contributed by atoms with van der Waals surface area (Å²) < 4.78 is 0. The Morgan fingerprint density at radius 1 is 1.07 bits per heavy atom. The number of rotatable bonds is 2. The number of hydrogen-bond donors (Lipinski definition) is 1. The van der Waals surface area contributed by atoms with Crippen molar-refractivity contribution in [2.24, 2.45) is 0 Å². The Morgan fingerprint density at radius 3 is 2.40 bits per heavy atom. The van der Waals surface area contributed by atoms with Crippen molar-refractivity contribution in [3.63, 3.8) is 0 Å². The molecule has 0 saturated heterocycles. The van der Waals surface area contributed by atoms with Crippen LogP contribution in [0.2, 0.25) is 0 Å². The van der Waals surface area contributed by atoms with Crippen molar-refractivity contribution in [2.45, 2.75) is 13.0 Å². The van der Waals surface area contributed by atoms with Gasteiger partial charge >= 0.3 is 0 Å². The second-order valence-electron chi connectivity index (χ2n) is 3.60. The Hall–Kier alpha value is -1.67. The summed E-state index contributed by atoms with van der Waals surface area (Å²) in [6.07, 6.45) is 2.80. The molecule has 0 aliphatic heterocycles. The minimum atomic E-state index is -0.584. The standard InChI is InChI=1S/C13H13NO/c1-10-4-6-11(7-5-10)13(15)12-3-2-8-14-9-12/h2-9,13,15H,1H3. The molecule has 0 amide bonds. The fraction of sp³-hybridized carbons (Fsp3) is 0.154. The number of benzene rings is 1. The van der Waals surface area contributed by atoms with Crippen molar-refractivity contribution in [1.82, 2.24) is 4.98 Å². The summed E-state index contributed by atoms with van der Waals surface area (Å²) in [5.41, 5.74) is 2.91. The van der Waals surface area contributed by atoms with Gasteiger partial charge in [0.05, 0.1) is 0 Å². The van der Waals surface area contributed by atoms with E-state index in [-0.39, 0.29) is 0 Å².